The van der Waals surface area contributed by atoms with Crippen LogP contribution in [0.4, 0.5) is 0 Å². The number of rotatable bonds is 5. The van der Waals surface area contributed by atoms with Crippen molar-refractivity contribution in [3.05, 3.63) is 17.9 Å². The lowest BCUT2D eigenvalue weighted by Gasteiger charge is -2.18. The van der Waals surface area contributed by atoms with E-state index >= 15 is 0 Å². The molecule has 0 aromatic carbocycles. The van der Waals surface area contributed by atoms with Crippen LogP contribution in [0.15, 0.2) is 17.9 Å². The Labute approximate surface area is 77.8 Å². The summed E-state index contributed by atoms with van der Waals surface area (Å²) >= 11 is 0. The summed E-state index contributed by atoms with van der Waals surface area (Å²) in [6.07, 6.45) is 4.59. The monoisotopic (exact) mass is 182 g/mol. The largest absolute Gasteiger partial charge is 0.478 e. The van der Waals surface area contributed by atoms with Crippen LogP contribution < -0.4 is 0 Å². The number of carboxylic acid groups (broad SMARTS) is 1. The quantitative estimate of drug-likeness (QED) is 0.400. The van der Waals surface area contributed by atoms with Crippen LogP contribution in [0.2, 0.25) is 0 Å². The van der Waals surface area contributed by atoms with Gasteiger partial charge in [0.25, 0.3) is 0 Å². The number of carboxylic acids is 1. The molecule has 0 aliphatic heterocycles. The van der Waals surface area contributed by atoms with E-state index in [0.717, 1.165) is 12.4 Å². The highest BCUT2D eigenvalue weighted by molar-refractivity contribution is 5.79. The molecule has 1 N–H and O–H groups in total. The number of hydrogen-bond acceptors (Lipinski definition) is 2. The summed E-state index contributed by atoms with van der Waals surface area (Å²) in [5.74, 6) is -1.05. The van der Waals surface area contributed by atoms with Gasteiger partial charge >= 0.3 is 5.97 Å². The smallest absolute Gasteiger partial charge is 0.336 e. The number of hydrogen-bond donors (Lipinski definition) is 1. The second-order valence-electron chi connectivity index (χ2n) is 2.85. The van der Waals surface area contributed by atoms with Crippen molar-refractivity contribution in [3.63, 3.8) is 0 Å². The van der Waals surface area contributed by atoms with Crippen LogP contribution in [0.1, 0.15) is 26.7 Å². The van der Waals surface area contributed by atoms with Gasteiger partial charge in [-0.3, -0.25) is 0 Å². The van der Waals surface area contributed by atoms with E-state index in [1.807, 2.05) is 13.8 Å². The molecular formula is C10H14O3. The van der Waals surface area contributed by atoms with E-state index in [-0.39, 0.29) is 0 Å². The van der Waals surface area contributed by atoms with Crippen LogP contribution in [0.3, 0.4) is 0 Å². The van der Waals surface area contributed by atoms with Gasteiger partial charge in [-0.25, -0.2) is 4.79 Å². The van der Waals surface area contributed by atoms with Crippen molar-refractivity contribution in [2.24, 2.45) is 5.41 Å². The Balaban J connectivity index is 4.69. The minimum Gasteiger partial charge on any atom is -0.478 e. The summed E-state index contributed by atoms with van der Waals surface area (Å²) in [7, 11) is 0. The first-order valence-corrected chi connectivity index (χ1v) is 4.23. The highest BCUT2D eigenvalue weighted by atomic mass is 16.4. The van der Waals surface area contributed by atoms with E-state index in [1.165, 1.54) is 6.08 Å². The van der Waals surface area contributed by atoms with Crippen molar-refractivity contribution in [2.45, 2.75) is 26.7 Å². The van der Waals surface area contributed by atoms with Crippen molar-refractivity contribution in [1.29, 1.82) is 0 Å². The van der Waals surface area contributed by atoms with Gasteiger partial charge in [-0.15, -0.1) is 5.73 Å². The van der Waals surface area contributed by atoms with Gasteiger partial charge in [0, 0.05) is 0 Å². The molecule has 0 heterocycles. The third-order valence-electron chi connectivity index (χ3n) is 2.13. The van der Waals surface area contributed by atoms with Crippen molar-refractivity contribution in [3.8, 4) is 0 Å². The summed E-state index contributed by atoms with van der Waals surface area (Å²) in [4.78, 5) is 20.9. The molecule has 0 radical (unpaired) electrons. The maximum Gasteiger partial charge on any atom is 0.336 e. The second kappa shape index (κ2) is 5.33. The Hall–Kier alpha value is -1.34. The van der Waals surface area contributed by atoms with Gasteiger partial charge in [0.05, 0.1) is 11.5 Å². The molecule has 0 aromatic heterocycles. The molecular weight excluding hydrogens is 168 g/mol. The van der Waals surface area contributed by atoms with Gasteiger partial charge in [0.1, 0.15) is 6.29 Å². The summed E-state index contributed by atoms with van der Waals surface area (Å²) in [5, 5.41) is 8.30. The molecule has 0 aliphatic rings. The number of carbonyl (C=O) groups is 2. The standard InChI is InChI=1S/C10H14O3/c1-3-10(4-2,8-11)7-5-6-9(12)13/h6-8H,3-4H2,1-2H3,(H,12,13). The average Bonchev–Trinajstić information content (AvgIpc) is 2.13. The van der Waals surface area contributed by atoms with Crippen molar-refractivity contribution < 1.29 is 14.7 Å². The van der Waals surface area contributed by atoms with Crippen molar-refractivity contribution in [2.75, 3.05) is 0 Å². The number of aldehydes is 1. The Morgan fingerprint density at radius 2 is 2.00 bits per heavy atom. The third-order valence-corrected chi connectivity index (χ3v) is 2.13. The Bertz CT molecular complexity index is 243. The number of aliphatic carboxylic acids is 1. The lowest BCUT2D eigenvalue weighted by Crippen LogP contribution is -2.16. The van der Waals surface area contributed by atoms with Crippen LogP contribution in [0, 0.1) is 5.41 Å². The predicted molar refractivity (Wildman–Crippen MR) is 49.4 cm³/mol. The first-order chi connectivity index (χ1) is 6.10. The summed E-state index contributed by atoms with van der Waals surface area (Å²) in [6.45, 7) is 3.77. The number of carbonyl (C=O) groups excluding carboxylic acids is 1. The minimum atomic E-state index is -1.05. The molecule has 0 atom stereocenters. The molecule has 0 aliphatic carbocycles. The minimum absolute atomic E-state index is 0.550. The fourth-order valence-corrected chi connectivity index (χ4v) is 0.934. The van der Waals surface area contributed by atoms with E-state index in [0.29, 0.717) is 12.8 Å². The van der Waals surface area contributed by atoms with E-state index in [9.17, 15) is 9.59 Å². The van der Waals surface area contributed by atoms with E-state index in [2.05, 4.69) is 5.73 Å². The van der Waals surface area contributed by atoms with E-state index in [4.69, 9.17) is 5.11 Å². The molecule has 0 unspecified atom stereocenters. The van der Waals surface area contributed by atoms with Gasteiger partial charge in [0.2, 0.25) is 0 Å². The molecule has 3 nitrogen and oxygen atoms in total. The van der Waals surface area contributed by atoms with Gasteiger partial charge in [-0.1, -0.05) is 13.8 Å². The lowest BCUT2D eigenvalue weighted by atomic mass is 9.84. The second-order valence-corrected chi connectivity index (χ2v) is 2.85. The normalized spacial score (nSPS) is 10.0. The zero-order valence-electron chi connectivity index (χ0n) is 7.91. The first-order valence-electron chi connectivity index (χ1n) is 4.23. The van der Waals surface area contributed by atoms with Crippen LogP contribution in [-0.2, 0) is 9.59 Å². The van der Waals surface area contributed by atoms with E-state index in [1.54, 1.807) is 0 Å². The van der Waals surface area contributed by atoms with Crippen LogP contribution in [-0.4, -0.2) is 17.4 Å². The van der Waals surface area contributed by atoms with Crippen molar-refractivity contribution in [1.82, 2.24) is 0 Å². The van der Waals surface area contributed by atoms with Gasteiger partial charge in [-0.2, -0.15) is 0 Å². The van der Waals surface area contributed by atoms with E-state index < -0.39 is 11.4 Å². The molecule has 0 spiro atoms. The molecule has 0 saturated heterocycles. The molecule has 0 aromatic rings. The maximum absolute atomic E-state index is 10.7. The molecule has 0 bridgehead atoms. The topological polar surface area (TPSA) is 54.4 Å². The molecule has 0 rings (SSSR count). The third kappa shape index (κ3) is 3.72. The first kappa shape index (κ1) is 11.7. The fraction of sp³-hybridized carbons (Fsp3) is 0.500. The van der Waals surface area contributed by atoms with Crippen LogP contribution in [0.5, 0.6) is 0 Å². The van der Waals surface area contributed by atoms with Gasteiger partial charge in [-0.05, 0) is 18.9 Å². The highest BCUT2D eigenvalue weighted by Crippen LogP contribution is 2.24. The zero-order chi connectivity index (χ0) is 10.3. The van der Waals surface area contributed by atoms with Gasteiger partial charge < -0.3 is 9.90 Å². The zero-order valence-corrected chi connectivity index (χ0v) is 7.91. The van der Waals surface area contributed by atoms with Crippen LogP contribution in [0.25, 0.3) is 0 Å². The molecule has 0 saturated carbocycles. The van der Waals surface area contributed by atoms with Crippen LogP contribution >= 0.6 is 0 Å². The predicted octanol–water partition coefficient (Wildman–Crippen LogP) is 1.79. The molecule has 13 heavy (non-hydrogen) atoms. The SMILES string of the molecule is CCC(C=O)(C=C=CC(=O)O)CC. The average molecular weight is 182 g/mol. The van der Waals surface area contributed by atoms with Gasteiger partial charge in [0.15, 0.2) is 0 Å². The summed E-state index contributed by atoms with van der Waals surface area (Å²) < 4.78 is 0. The molecule has 0 amide bonds. The highest BCUT2D eigenvalue weighted by Gasteiger charge is 2.21. The summed E-state index contributed by atoms with van der Waals surface area (Å²) in [5.41, 5.74) is 1.95. The molecule has 3 heteroatoms. The lowest BCUT2D eigenvalue weighted by molar-refractivity contribution is -0.131. The fourth-order valence-electron chi connectivity index (χ4n) is 0.934. The Morgan fingerprint density at radius 3 is 2.31 bits per heavy atom. The Kier molecular flexibility index (Phi) is 4.78. The molecule has 72 valence electrons. The van der Waals surface area contributed by atoms with Crippen molar-refractivity contribution >= 4 is 12.3 Å². The summed E-state index contributed by atoms with van der Waals surface area (Å²) in [6, 6.07) is 0. The Morgan fingerprint density at radius 1 is 1.46 bits per heavy atom. The maximum atomic E-state index is 10.7. The molecule has 0 fully saturated rings.